The number of nitrogens with zero attached hydrogens (tertiary/aromatic N) is 3. The van der Waals surface area contributed by atoms with Crippen molar-refractivity contribution < 1.29 is 12.6 Å². The second-order valence-corrected chi connectivity index (χ2v) is 11.6. The van der Waals surface area contributed by atoms with Gasteiger partial charge in [-0.25, -0.2) is 15.0 Å². The fraction of sp³-hybridized carbons (Fsp3) is 0. The Labute approximate surface area is 292 Å². The zero-order chi connectivity index (χ0) is 37.8. The maximum atomic E-state index is 9.44. The van der Waals surface area contributed by atoms with Crippen LogP contribution in [0.3, 0.4) is 0 Å². The van der Waals surface area contributed by atoms with E-state index >= 15 is 0 Å². The molecule has 0 saturated carbocycles. The predicted octanol–water partition coefficient (Wildman–Crippen LogP) is 11.8. The van der Waals surface area contributed by atoms with E-state index in [1.807, 2.05) is 115 Å². The molecule has 0 N–H and O–H groups in total. The van der Waals surface area contributed by atoms with Crippen LogP contribution in [0, 0.1) is 0 Å². The van der Waals surface area contributed by atoms with Crippen LogP contribution in [0.25, 0.3) is 89.5 Å². The van der Waals surface area contributed by atoms with Gasteiger partial charge in [0.15, 0.2) is 17.5 Å². The third-order valence-corrected chi connectivity index (χ3v) is 8.39. The summed E-state index contributed by atoms with van der Waals surface area (Å²) in [5.41, 5.74) is 5.87. The van der Waals surface area contributed by atoms with Crippen LogP contribution in [0.5, 0.6) is 0 Å². The lowest BCUT2D eigenvalue weighted by Crippen LogP contribution is -2.00. The molecule has 0 spiro atoms. The van der Waals surface area contributed by atoms with E-state index in [0.717, 1.165) is 22.3 Å². The van der Waals surface area contributed by atoms with E-state index in [0.29, 0.717) is 28.3 Å². The Bertz CT molecular complexity index is 2830. The van der Waals surface area contributed by atoms with Crippen LogP contribution in [-0.4, -0.2) is 15.0 Å². The molecule has 0 saturated heterocycles. The first-order chi connectivity index (χ1) is 26.8. The lowest BCUT2D eigenvalue weighted by Gasteiger charge is -2.10. The van der Waals surface area contributed by atoms with Crippen molar-refractivity contribution in [1.29, 1.82) is 0 Å². The summed E-state index contributed by atoms with van der Waals surface area (Å²) < 4.78 is 60.9. The quantitative estimate of drug-likeness (QED) is 0.183. The van der Waals surface area contributed by atoms with Gasteiger partial charge in [-0.15, -0.1) is 0 Å². The number of hydrogen-bond donors (Lipinski definition) is 0. The van der Waals surface area contributed by atoms with Gasteiger partial charge in [-0.2, -0.15) is 0 Å². The van der Waals surface area contributed by atoms with E-state index in [1.54, 1.807) is 24.3 Å². The molecule has 9 rings (SSSR count). The highest BCUT2D eigenvalue weighted by atomic mass is 16.3. The molecule has 49 heavy (non-hydrogen) atoms. The fourth-order valence-corrected chi connectivity index (χ4v) is 5.93. The zero-order valence-electron chi connectivity index (χ0n) is 32.0. The molecule has 0 aliphatic carbocycles. The van der Waals surface area contributed by atoms with Crippen LogP contribution >= 0.6 is 0 Å². The van der Waals surface area contributed by atoms with Gasteiger partial charge in [0.05, 0.1) is 8.22 Å². The molecule has 0 atom stereocenters. The minimum atomic E-state index is -0.332. The lowest BCUT2D eigenvalue weighted by molar-refractivity contribution is 0.669. The van der Waals surface area contributed by atoms with Gasteiger partial charge in [0.1, 0.15) is 11.2 Å². The summed E-state index contributed by atoms with van der Waals surface area (Å²) in [6.45, 7) is 0. The van der Waals surface area contributed by atoms with Crippen molar-refractivity contribution in [1.82, 2.24) is 15.0 Å². The lowest BCUT2D eigenvalue weighted by atomic mass is 10.0. The normalized spacial score (nSPS) is 13.0. The Hall–Kier alpha value is -6.65. The topological polar surface area (TPSA) is 51.8 Å². The number of rotatable bonds is 6. The molecule has 7 aromatic carbocycles. The van der Waals surface area contributed by atoms with Crippen molar-refractivity contribution in [3.63, 3.8) is 0 Å². The van der Waals surface area contributed by atoms with Gasteiger partial charge in [0.25, 0.3) is 0 Å². The van der Waals surface area contributed by atoms with Crippen LogP contribution in [0.1, 0.15) is 8.22 Å². The first kappa shape index (κ1) is 22.8. The summed E-state index contributed by atoms with van der Waals surface area (Å²) in [6.07, 6.45) is 0. The van der Waals surface area contributed by atoms with E-state index in [9.17, 15) is 5.48 Å². The zero-order valence-corrected chi connectivity index (χ0v) is 26.0. The van der Waals surface area contributed by atoms with E-state index in [4.69, 9.17) is 22.1 Å². The van der Waals surface area contributed by atoms with Gasteiger partial charge in [-0.05, 0) is 69.7 Å². The molecule has 4 nitrogen and oxygen atoms in total. The highest BCUT2D eigenvalue weighted by molar-refractivity contribution is 6.07. The maximum Gasteiger partial charge on any atom is 0.164 e. The summed E-state index contributed by atoms with van der Waals surface area (Å²) in [4.78, 5) is 14.6. The number of benzene rings is 7. The molecule has 0 aliphatic heterocycles. The largest absolute Gasteiger partial charge is 0.456 e. The molecular weight excluding hydrogens is 599 g/mol. The summed E-state index contributed by atoms with van der Waals surface area (Å²) in [6, 6.07) is 42.9. The number of aromatic nitrogens is 3. The van der Waals surface area contributed by atoms with Crippen molar-refractivity contribution in [2.75, 3.05) is 0 Å². The second kappa shape index (κ2) is 12.2. The minimum Gasteiger partial charge on any atom is -0.456 e. The Morgan fingerprint density at radius 2 is 0.796 bits per heavy atom. The summed E-state index contributed by atoms with van der Waals surface area (Å²) >= 11 is 0. The van der Waals surface area contributed by atoms with Crippen LogP contribution in [0.4, 0.5) is 0 Å². The van der Waals surface area contributed by atoms with Gasteiger partial charge in [-0.1, -0.05) is 139 Å². The van der Waals surface area contributed by atoms with E-state index < -0.39 is 0 Å². The minimum absolute atomic E-state index is 0.00411. The summed E-state index contributed by atoms with van der Waals surface area (Å²) in [5, 5.41) is 0.172. The molecule has 9 aromatic rings. The number of fused-ring (bicyclic) bond motifs is 3. The van der Waals surface area contributed by atoms with Crippen LogP contribution in [-0.2, 0) is 0 Å². The molecule has 0 bridgehead atoms. The third-order valence-electron chi connectivity index (χ3n) is 8.39. The first-order valence-corrected chi connectivity index (χ1v) is 15.9. The Kier molecular flexibility index (Phi) is 5.67. The molecule has 0 aliphatic rings. The van der Waals surface area contributed by atoms with Gasteiger partial charge in [0.2, 0.25) is 0 Å². The standard InChI is InChI=1S/C45H29N3O/c1-4-12-30(13-5-1)33-18-10-20-36(26-33)43-46-44(37-21-11-19-34(27-37)31-14-6-2-7-15-31)48-45(47-43)38-22-24-39-40-28-35(32-16-8-3-9-17-32)23-25-41(40)49-42(39)29-38/h1-29H/i22D,23D,24D,25D,28D,29D. The fourth-order valence-electron chi connectivity index (χ4n) is 5.93. The van der Waals surface area contributed by atoms with Crippen molar-refractivity contribution in [2.24, 2.45) is 0 Å². The Balaban J connectivity index is 1.29. The number of furan rings is 1. The van der Waals surface area contributed by atoms with E-state index in [-0.39, 0.29) is 75.1 Å². The average Bonchev–Trinajstić information content (AvgIpc) is 3.65. The van der Waals surface area contributed by atoms with Crippen molar-refractivity contribution >= 4 is 21.9 Å². The van der Waals surface area contributed by atoms with E-state index in [2.05, 4.69) is 0 Å². The molecule has 0 radical (unpaired) electrons. The third kappa shape index (κ3) is 5.56. The molecule has 2 aromatic heterocycles. The van der Waals surface area contributed by atoms with Crippen LogP contribution < -0.4 is 0 Å². The van der Waals surface area contributed by atoms with Gasteiger partial charge >= 0.3 is 0 Å². The maximum absolute atomic E-state index is 9.44. The monoisotopic (exact) mass is 633 g/mol. The second-order valence-electron chi connectivity index (χ2n) is 11.6. The Morgan fingerprint density at radius 3 is 1.35 bits per heavy atom. The highest BCUT2D eigenvalue weighted by Crippen LogP contribution is 2.35. The van der Waals surface area contributed by atoms with Crippen molar-refractivity contribution in [3.05, 3.63) is 176 Å². The Morgan fingerprint density at radius 1 is 0.347 bits per heavy atom. The molecular formula is C45H29N3O. The van der Waals surface area contributed by atoms with Crippen LogP contribution in [0.15, 0.2) is 180 Å². The van der Waals surface area contributed by atoms with E-state index in [1.165, 1.54) is 0 Å². The first-order valence-electron chi connectivity index (χ1n) is 18.9. The average molecular weight is 634 g/mol. The van der Waals surface area contributed by atoms with Crippen LogP contribution in [0.2, 0.25) is 0 Å². The molecule has 230 valence electrons. The highest BCUT2D eigenvalue weighted by Gasteiger charge is 2.16. The van der Waals surface area contributed by atoms with Gasteiger partial charge < -0.3 is 4.42 Å². The van der Waals surface area contributed by atoms with Gasteiger partial charge in [-0.3, -0.25) is 0 Å². The molecule has 2 heterocycles. The van der Waals surface area contributed by atoms with Crippen molar-refractivity contribution in [3.8, 4) is 67.5 Å². The van der Waals surface area contributed by atoms with Gasteiger partial charge in [0, 0.05) is 27.5 Å². The summed E-state index contributed by atoms with van der Waals surface area (Å²) in [7, 11) is 0. The molecule has 0 unspecified atom stereocenters. The molecule has 4 heteroatoms. The number of hydrogen-bond acceptors (Lipinski definition) is 4. The molecule has 0 amide bonds. The smallest absolute Gasteiger partial charge is 0.164 e. The molecule has 0 fully saturated rings. The SMILES string of the molecule is [2H]c1c(-c2ccccc2)c([2H])c2c(oc3c([2H])c(-c4nc(-c5cccc(-c6ccccc6)c5)nc(-c5cccc(-c6ccccc6)c5)n4)c([2H])c([2H])c32)c1[2H]. The summed E-state index contributed by atoms with van der Waals surface area (Å²) in [5.74, 6) is 0.627. The predicted molar refractivity (Wildman–Crippen MR) is 200 cm³/mol. The van der Waals surface area contributed by atoms with Crippen molar-refractivity contribution in [2.45, 2.75) is 0 Å².